The molecule has 3 aromatic rings. The van der Waals surface area contributed by atoms with Crippen LogP contribution in [-0.2, 0) is 0 Å². The van der Waals surface area contributed by atoms with Crippen molar-refractivity contribution < 1.29 is 0 Å². The molecular formula is C18H13BrCl2. The van der Waals surface area contributed by atoms with Crippen LogP contribution in [0.2, 0.25) is 10.0 Å². The minimum atomic E-state index is 0.00852. The van der Waals surface area contributed by atoms with Crippen molar-refractivity contribution in [2.75, 3.05) is 0 Å². The molecule has 3 rings (SSSR count). The number of benzene rings is 3. The Balaban J connectivity index is 2.20. The van der Waals surface area contributed by atoms with Crippen LogP contribution in [0.5, 0.6) is 0 Å². The number of rotatable bonds is 2. The first-order chi connectivity index (χ1) is 10.1. The predicted molar refractivity (Wildman–Crippen MR) is 95.9 cm³/mol. The summed E-state index contributed by atoms with van der Waals surface area (Å²) < 4.78 is 0. The largest absolute Gasteiger partial charge is 0.0843 e. The van der Waals surface area contributed by atoms with Crippen LogP contribution in [0.3, 0.4) is 0 Å². The van der Waals surface area contributed by atoms with E-state index in [9.17, 15) is 0 Å². The first-order valence-electron chi connectivity index (χ1n) is 6.65. The van der Waals surface area contributed by atoms with Gasteiger partial charge >= 0.3 is 0 Å². The molecule has 0 nitrogen and oxygen atoms in total. The maximum Gasteiger partial charge on any atom is 0.0665 e. The lowest BCUT2D eigenvalue weighted by Crippen LogP contribution is -1.96. The first-order valence-corrected chi connectivity index (χ1v) is 8.32. The van der Waals surface area contributed by atoms with Crippen molar-refractivity contribution in [2.45, 2.75) is 11.8 Å². The lowest BCUT2D eigenvalue weighted by molar-refractivity contribution is 1.19. The standard InChI is InChI=1S/C18H13BrCl2/c1-11-6-8-15(14-5-3-2-4-13(11)14)18(19)16-10-12(20)7-9-17(16)21/h2-10,18H,1H3. The van der Waals surface area contributed by atoms with Crippen molar-refractivity contribution in [2.24, 2.45) is 0 Å². The van der Waals surface area contributed by atoms with Crippen LogP contribution in [0.1, 0.15) is 21.5 Å². The molecule has 0 amide bonds. The highest BCUT2D eigenvalue weighted by molar-refractivity contribution is 9.09. The average Bonchev–Trinajstić information content (AvgIpc) is 2.50. The first kappa shape index (κ1) is 14.9. The molecule has 0 aliphatic heterocycles. The third-order valence-electron chi connectivity index (χ3n) is 3.68. The van der Waals surface area contributed by atoms with Crippen molar-refractivity contribution in [1.29, 1.82) is 0 Å². The molecule has 0 aliphatic rings. The normalized spacial score (nSPS) is 12.6. The number of hydrogen-bond donors (Lipinski definition) is 0. The lowest BCUT2D eigenvalue weighted by atomic mass is 9.96. The Hall–Kier alpha value is -1.02. The molecule has 0 radical (unpaired) electrons. The Morgan fingerprint density at radius 2 is 1.57 bits per heavy atom. The van der Waals surface area contributed by atoms with E-state index in [1.54, 1.807) is 6.07 Å². The van der Waals surface area contributed by atoms with Crippen molar-refractivity contribution in [3.63, 3.8) is 0 Å². The summed E-state index contributed by atoms with van der Waals surface area (Å²) in [7, 11) is 0. The molecule has 0 N–H and O–H groups in total. The summed E-state index contributed by atoms with van der Waals surface area (Å²) in [6.45, 7) is 2.13. The zero-order chi connectivity index (χ0) is 15.0. The van der Waals surface area contributed by atoms with Gasteiger partial charge < -0.3 is 0 Å². The van der Waals surface area contributed by atoms with Gasteiger partial charge in [-0.1, -0.05) is 75.5 Å². The van der Waals surface area contributed by atoms with E-state index >= 15 is 0 Å². The molecule has 0 aromatic heterocycles. The van der Waals surface area contributed by atoms with Crippen molar-refractivity contribution >= 4 is 49.9 Å². The Morgan fingerprint density at radius 1 is 0.857 bits per heavy atom. The van der Waals surface area contributed by atoms with Crippen molar-refractivity contribution in [3.05, 3.63) is 81.3 Å². The number of alkyl halides is 1. The molecule has 3 heteroatoms. The molecule has 0 bridgehead atoms. The molecule has 0 saturated carbocycles. The fourth-order valence-corrected chi connectivity index (χ4v) is 3.89. The maximum atomic E-state index is 6.33. The predicted octanol–water partition coefficient (Wildman–Crippen LogP) is 6.94. The van der Waals surface area contributed by atoms with Gasteiger partial charge in [-0.05, 0) is 52.6 Å². The van der Waals surface area contributed by atoms with E-state index < -0.39 is 0 Å². The molecule has 1 unspecified atom stereocenters. The third-order valence-corrected chi connectivity index (χ3v) is 5.25. The minimum absolute atomic E-state index is 0.00852. The molecule has 3 aromatic carbocycles. The van der Waals surface area contributed by atoms with Crippen LogP contribution in [0.4, 0.5) is 0 Å². The van der Waals surface area contributed by atoms with E-state index in [-0.39, 0.29) is 4.83 Å². The van der Waals surface area contributed by atoms with Crippen LogP contribution in [0.25, 0.3) is 10.8 Å². The van der Waals surface area contributed by atoms with Gasteiger partial charge in [0.05, 0.1) is 4.83 Å². The van der Waals surface area contributed by atoms with Crippen LogP contribution in [0, 0.1) is 6.92 Å². The smallest absolute Gasteiger partial charge is 0.0665 e. The number of halogens is 3. The Morgan fingerprint density at radius 3 is 2.33 bits per heavy atom. The van der Waals surface area contributed by atoms with Crippen molar-refractivity contribution in [1.82, 2.24) is 0 Å². The second kappa shape index (κ2) is 6.00. The van der Waals surface area contributed by atoms with Crippen LogP contribution in [-0.4, -0.2) is 0 Å². The van der Waals surface area contributed by atoms with Crippen molar-refractivity contribution in [3.8, 4) is 0 Å². The number of hydrogen-bond acceptors (Lipinski definition) is 0. The van der Waals surface area contributed by atoms with E-state index in [1.165, 1.54) is 21.9 Å². The van der Waals surface area contributed by atoms with E-state index in [2.05, 4.69) is 59.3 Å². The zero-order valence-electron chi connectivity index (χ0n) is 11.4. The van der Waals surface area contributed by atoms with Gasteiger partial charge in [0.15, 0.2) is 0 Å². The minimum Gasteiger partial charge on any atom is -0.0843 e. The highest BCUT2D eigenvalue weighted by atomic mass is 79.9. The molecule has 1 atom stereocenters. The van der Waals surface area contributed by atoms with E-state index in [1.807, 2.05) is 12.1 Å². The van der Waals surface area contributed by atoms with Gasteiger partial charge in [0, 0.05) is 10.0 Å². The highest BCUT2D eigenvalue weighted by Gasteiger charge is 2.17. The summed E-state index contributed by atoms with van der Waals surface area (Å²) in [4.78, 5) is 0.00852. The molecule has 21 heavy (non-hydrogen) atoms. The molecule has 0 fully saturated rings. The van der Waals surface area contributed by atoms with Gasteiger partial charge in [-0.2, -0.15) is 0 Å². The van der Waals surface area contributed by atoms with Crippen LogP contribution >= 0.6 is 39.1 Å². The topological polar surface area (TPSA) is 0 Å². The van der Waals surface area contributed by atoms with E-state index in [0.29, 0.717) is 10.0 Å². The van der Waals surface area contributed by atoms with Gasteiger partial charge in [0.25, 0.3) is 0 Å². The number of aryl methyl sites for hydroxylation is 1. The summed E-state index contributed by atoms with van der Waals surface area (Å²) in [6.07, 6.45) is 0. The van der Waals surface area contributed by atoms with Gasteiger partial charge in [-0.15, -0.1) is 0 Å². The average molecular weight is 380 g/mol. The molecule has 0 aliphatic carbocycles. The molecule has 106 valence electrons. The van der Waals surface area contributed by atoms with Crippen LogP contribution in [0.15, 0.2) is 54.6 Å². The molecule has 0 heterocycles. The van der Waals surface area contributed by atoms with E-state index in [0.717, 1.165) is 5.56 Å². The van der Waals surface area contributed by atoms with Gasteiger partial charge in [-0.25, -0.2) is 0 Å². The second-order valence-corrected chi connectivity index (χ2v) is 6.80. The monoisotopic (exact) mass is 378 g/mol. The Kier molecular flexibility index (Phi) is 4.26. The van der Waals surface area contributed by atoms with Gasteiger partial charge in [-0.3, -0.25) is 0 Å². The zero-order valence-corrected chi connectivity index (χ0v) is 14.5. The molecule has 0 saturated heterocycles. The summed E-state index contributed by atoms with van der Waals surface area (Å²) >= 11 is 16.2. The maximum absolute atomic E-state index is 6.33. The fraction of sp³-hybridized carbons (Fsp3) is 0.111. The van der Waals surface area contributed by atoms with Gasteiger partial charge in [0.2, 0.25) is 0 Å². The highest BCUT2D eigenvalue weighted by Crippen LogP contribution is 2.40. The fourth-order valence-electron chi connectivity index (χ4n) is 2.57. The second-order valence-electron chi connectivity index (χ2n) is 5.05. The summed E-state index contributed by atoms with van der Waals surface area (Å²) in [5.74, 6) is 0. The third kappa shape index (κ3) is 2.83. The van der Waals surface area contributed by atoms with Gasteiger partial charge in [0.1, 0.15) is 0 Å². The Bertz CT molecular complexity index is 811. The van der Waals surface area contributed by atoms with Crippen LogP contribution < -0.4 is 0 Å². The summed E-state index contributed by atoms with van der Waals surface area (Å²) in [5, 5.41) is 3.90. The summed E-state index contributed by atoms with van der Waals surface area (Å²) in [5.41, 5.74) is 3.45. The lowest BCUT2D eigenvalue weighted by Gasteiger charge is -2.16. The Labute approximate surface area is 142 Å². The number of fused-ring (bicyclic) bond motifs is 1. The molecular weight excluding hydrogens is 367 g/mol. The SMILES string of the molecule is Cc1ccc(C(Br)c2cc(Cl)ccc2Cl)c2ccccc12. The van der Waals surface area contributed by atoms with E-state index in [4.69, 9.17) is 23.2 Å². The quantitative estimate of drug-likeness (QED) is 0.423. The molecule has 0 spiro atoms. The summed E-state index contributed by atoms with van der Waals surface area (Å²) in [6, 6.07) is 18.3.